The molecule has 0 bridgehead atoms. The quantitative estimate of drug-likeness (QED) is 0.672. The van der Waals surface area contributed by atoms with Crippen LogP contribution in [0.5, 0.6) is 11.5 Å². The number of likely N-dealkylation sites (tertiary alicyclic amines) is 1. The third-order valence-electron chi connectivity index (χ3n) is 5.86. The summed E-state index contributed by atoms with van der Waals surface area (Å²) in [7, 11) is 1.61. The Morgan fingerprint density at radius 3 is 2.42 bits per heavy atom. The van der Waals surface area contributed by atoms with Crippen molar-refractivity contribution in [3.8, 4) is 11.5 Å². The Bertz CT molecular complexity index is 922. The summed E-state index contributed by atoms with van der Waals surface area (Å²) in [6.45, 7) is 3.48. The molecule has 31 heavy (non-hydrogen) atoms. The van der Waals surface area contributed by atoms with Crippen molar-refractivity contribution < 1.29 is 19.1 Å². The fourth-order valence-electron chi connectivity index (χ4n) is 4.06. The predicted molar refractivity (Wildman–Crippen MR) is 120 cm³/mol. The number of carbonyl (C=O) groups excluding carboxylic acids is 2. The first-order valence-electron chi connectivity index (χ1n) is 10.4. The third-order valence-corrected chi connectivity index (χ3v) is 6.11. The Morgan fingerprint density at radius 2 is 1.81 bits per heavy atom. The number of primary amides is 1. The van der Waals surface area contributed by atoms with E-state index in [0.717, 1.165) is 16.9 Å². The Labute approximate surface area is 188 Å². The molecule has 0 unspecified atom stereocenters. The number of ether oxygens (including phenoxy) is 2. The molecule has 2 amide bonds. The van der Waals surface area contributed by atoms with Crippen molar-refractivity contribution in [3.63, 3.8) is 0 Å². The van der Waals surface area contributed by atoms with E-state index in [1.165, 1.54) is 0 Å². The van der Waals surface area contributed by atoms with E-state index < -0.39 is 0 Å². The summed E-state index contributed by atoms with van der Waals surface area (Å²) in [5.41, 5.74) is 7.12. The fraction of sp³-hybridized carbons (Fsp3) is 0.417. The molecule has 0 saturated carbocycles. The molecular formula is C24H29ClN2O4. The molecule has 1 fully saturated rings. The number of benzene rings is 2. The van der Waals surface area contributed by atoms with E-state index in [1.807, 2.05) is 30.0 Å². The number of methoxy groups -OCH3 is 1. The van der Waals surface area contributed by atoms with Crippen LogP contribution < -0.4 is 15.2 Å². The summed E-state index contributed by atoms with van der Waals surface area (Å²) < 4.78 is 11.4. The highest BCUT2D eigenvalue weighted by Crippen LogP contribution is 2.36. The third kappa shape index (κ3) is 6.14. The molecule has 0 spiro atoms. The van der Waals surface area contributed by atoms with Gasteiger partial charge in [0.1, 0.15) is 11.5 Å². The molecule has 2 aromatic rings. The van der Waals surface area contributed by atoms with Crippen LogP contribution in [0, 0.1) is 12.3 Å². The number of hydrogen-bond donors (Lipinski definition) is 1. The summed E-state index contributed by atoms with van der Waals surface area (Å²) in [5.74, 6) is 1.10. The maximum Gasteiger partial charge on any atom is 0.227 e. The van der Waals surface area contributed by atoms with E-state index in [4.69, 9.17) is 26.8 Å². The van der Waals surface area contributed by atoms with Gasteiger partial charge in [0.05, 0.1) is 20.1 Å². The minimum Gasteiger partial charge on any atom is -0.496 e. The number of halogens is 1. The molecule has 1 heterocycles. The highest BCUT2D eigenvalue weighted by molar-refractivity contribution is 6.30. The number of carbonyl (C=O) groups is 2. The number of nitrogens with two attached hydrogens (primary N) is 1. The maximum atomic E-state index is 12.9. The monoisotopic (exact) mass is 444 g/mol. The van der Waals surface area contributed by atoms with Crippen LogP contribution in [0.2, 0.25) is 5.02 Å². The van der Waals surface area contributed by atoms with Gasteiger partial charge in [-0.05, 0) is 50.1 Å². The molecule has 0 aliphatic carbocycles. The van der Waals surface area contributed by atoms with Crippen molar-refractivity contribution in [2.45, 2.75) is 32.6 Å². The second kappa shape index (κ2) is 10.1. The largest absolute Gasteiger partial charge is 0.496 e. The Kier molecular flexibility index (Phi) is 7.44. The van der Waals surface area contributed by atoms with Crippen molar-refractivity contribution in [2.24, 2.45) is 11.1 Å². The summed E-state index contributed by atoms with van der Waals surface area (Å²) >= 11 is 5.93. The molecule has 2 aromatic carbocycles. The number of amides is 2. The van der Waals surface area contributed by atoms with Crippen LogP contribution in [0.3, 0.4) is 0 Å². The van der Waals surface area contributed by atoms with Gasteiger partial charge in [-0.1, -0.05) is 29.3 Å². The molecule has 1 saturated heterocycles. The lowest BCUT2D eigenvalue weighted by atomic mass is 9.76. The summed E-state index contributed by atoms with van der Waals surface area (Å²) in [6, 6.07) is 13.0. The molecule has 6 nitrogen and oxygen atoms in total. The molecule has 0 atom stereocenters. The van der Waals surface area contributed by atoms with Crippen LogP contribution in [-0.4, -0.2) is 43.5 Å². The fourth-order valence-corrected chi connectivity index (χ4v) is 4.19. The van der Waals surface area contributed by atoms with Crippen LogP contribution in [0.4, 0.5) is 0 Å². The van der Waals surface area contributed by atoms with Gasteiger partial charge in [0.15, 0.2) is 0 Å². The zero-order valence-electron chi connectivity index (χ0n) is 18.0. The van der Waals surface area contributed by atoms with Gasteiger partial charge in [-0.25, -0.2) is 0 Å². The summed E-state index contributed by atoms with van der Waals surface area (Å²) in [5, 5.41) is 0.635. The first-order valence-corrected chi connectivity index (χ1v) is 10.8. The molecule has 3 rings (SSSR count). The average Bonchev–Trinajstić information content (AvgIpc) is 2.73. The topological polar surface area (TPSA) is 81.9 Å². The zero-order chi connectivity index (χ0) is 22.4. The van der Waals surface area contributed by atoms with Gasteiger partial charge in [0.25, 0.3) is 0 Å². The molecule has 0 aromatic heterocycles. The van der Waals surface area contributed by atoms with Crippen molar-refractivity contribution >= 4 is 23.4 Å². The van der Waals surface area contributed by atoms with Gasteiger partial charge < -0.3 is 20.1 Å². The van der Waals surface area contributed by atoms with E-state index in [9.17, 15) is 9.59 Å². The Balaban J connectivity index is 1.63. The first kappa shape index (κ1) is 22.9. The van der Waals surface area contributed by atoms with Gasteiger partial charge in [0.2, 0.25) is 11.8 Å². The van der Waals surface area contributed by atoms with Gasteiger partial charge in [-0.15, -0.1) is 0 Å². The lowest BCUT2D eigenvalue weighted by molar-refractivity contribution is -0.133. The van der Waals surface area contributed by atoms with Gasteiger partial charge in [0, 0.05) is 35.5 Å². The number of hydrogen-bond acceptors (Lipinski definition) is 4. The van der Waals surface area contributed by atoms with E-state index in [1.54, 1.807) is 31.4 Å². The van der Waals surface area contributed by atoms with Gasteiger partial charge in [-0.2, -0.15) is 0 Å². The minimum atomic E-state index is -0.386. The van der Waals surface area contributed by atoms with E-state index >= 15 is 0 Å². The molecule has 1 aliphatic rings. The van der Waals surface area contributed by atoms with Gasteiger partial charge >= 0.3 is 0 Å². The molecule has 7 heteroatoms. The normalized spacial score (nSPS) is 15.4. The van der Waals surface area contributed by atoms with Crippen LogP contribution in [0.1, 0.15) is 30.4 Å². The molecular weight excluding hydrogens is 416 g/mol. The van der Waals surface area contributed by atoms with Crippen molar-refractivity contribution in [1.29, 1.82) is 0 Å². The summed E-state index contributed by atoms with van der Waals surface area (Å²) in [4.78, 5) is 26.5. The van der Waals surface area contributed by atoms with Crippen LogP contribution >= 0.6 is 11.6 Å². The first-order chi connectivity index (χ1) is 14.8. The van der Waals surface area contributed by atoms with Crippen LogP contribution in [0.15, 0.2) is 42.5 Å². The SMILES string of the molecule is COc1ccc(C)cc1CC(=O)N1CCC(COc2ccc(Cl)cc2)(CC(N)=O)CC1. The minimum absolute atomic E-state index is 0.0511. The Hall–Kier alpha value is -2.73. The second-order valence-corrected chi connectivity index (χ2v) is 8.69. The van der Waals surface area contributed by atoms with E-state index in [2.05, 4.69) is 0 Å². The lowest BCUT2D eigenvalue weighted by Crippen LogP contribution is -2.47. The van der Waals surface area contributed by atoms with Crippen LogP contribution in [0.25, 0.3) is 0 Å². The number of rotatable bonds is 8. The van der Waals surface area contributed by atoms with Gasteiger partial charge in [-0.3, -0.25) is 9.59 Å². The van der Waals surface area contributed by atoms with E-state index in [-0.39, 0.29) is 30.1 Å². The standard InChI is InChI=1S/C24H29ClN2O4/c1-17-3-8-21(30-2)18(13-17)14-23(29)27-11-9-24(10-12-27,15-22(26)28)16-31-20-6-4-19(25)5-7-20/h3-8,13H,9-12,14-16H2,1-2H3,(H2,26,28). The van der Waals surface area contributed by atoms with E-state index in [0.29, 0.717) is 43.3 Å². The number of piperidine rings is 1. The Morgan fingerprint density at radius 1 is 1.13 bits per heavy atom. The van der Waals surface area contributed by atoms with Crippen molar-refractivity contribution in [2.75, 3.05) is 26.8 Å². The van der Waals surface area contributed by atoms with Crippen molar-refractivity contribution in [1.82, 2.24) is 4.90 Å². The van der Waals surface area contributed by atoms with Crippen molar-refractivity contribution in [3.05, 3.63) is 58.6 Å². The molecule has 2 N–H and O–H groups in total. The second-order valence-electron chi connectivity index (χ2n) is 8.26. The molecule has 166 valence electrons. The highest BCUT2D eigenvalue weighted by atomic mass is 35.5. The highest BCUT2D eigenvalue weighted by Gasteiger charge is 2.38. The predicted octanol–water partition coefficient (Wildman–Crippen LogP) is 3.76. The maximum absolute atomic E-state index is 12.9. The number of nitrogens with zero attached hydrogens (tertiary/aromatic N) is 1. The zero-order valence-corrected chi connectivity index (χ0v) is 18.8. The molecule has 1 aliphatic heterocycles. The number of aryl methyl sites for hydroxylation is 1. The summed E-state index contributed by atoms with van der Waals surface area (Å²) in [6.07, 6.45) is 1.82. The lowest BCUT2D eigenvalue weighted by Gasteiger charge is -2.41. The smallest absolute Gasteiger partial charge is 0.227 e. The molecule has 0 radical (unpaired) electrons. The average molecular weight is 445 g/mol. The van der Waals surface area contributed by atoms with Crippen LogP contribution in [-0.2, 0) is 16.0 Å².